The Morgan fingerprint density at radius 3 is 1.40 bits per heavy atom. The highest BCUT2D eigenvalue weighted by molar-refractivity contribution is 5.85. The Morgan fingerprint density at radius 2 is 1.40 bits per heavy atom. The van der Waals surface area contributed by atoms with Crippen LogP contribution in [0, 0.1) is 0 Å². The van der Waals surface area contributed by atoms with Gasteiger partial charge in [0, 0.05) is 7.11 Å². The molecule has 0 aliphatic carbocycles. The van der Waals surface area contributed by atoms with Gasteiger partial charge in [0.05, 0.1) is 0 Å². The van der Waals surface area contributed by atoms with Crippen LogP contribution in [0.4, 0.5) is 13.2 Å². The summed E-state index contributed by atoms with van der Waals surface area (Å²) in [6.45, 7) is 0. The van der Waals surface area contributed by atoms with E-state index in [1.165, 1.54) is 0 Å². The summed E-state index contributed by atoms with van der Waals surface area (Å²) in [5.74, 6) is -2.76. The molecule has 0 atom stereocenters. The van der Waals surface area contributed by atoms with E-state index in [-0.39, 0.29) is 12.4 Å². The van der Waals surface area contributed by atoms with E-state index in [9.17, 15) is 13.2 Å². The molecular weight excluding hydrogens is 176 g/mol. The molecular formula is C3H6ClF3O3. The van der Waals surface area contributed by atoms with Gasteiger partial charge in [-0.1, -0.05) is 0 Å². The molecule has 0 rings (SSSR count). The predicted molar refractivity (Wildman–Crippen MR) is 29.1 cm³/mol. The lowest BCUT2D eigenvalue weighted by Crippen LogP contribution is -2.21. The van der Waals surface area contributed by atoms with Crippen molar-refractivity contribution in [1.29, 1.82) is 0 Å². The third-order valence-corrected chi connectivity index (χ3v) is 0.243. The molecule has 0 aliphatic heterocycles. The Kier molecular flexibility index (Phi) is 10.8. The first-order chi connectivity index (χ1) is 3.94. The molecule has 0 aliphatic rings. The van der Waals surface area contributed by atoms with E-state index < -0.39 is 12.1 Å². The van der Waals surface area contributed by atoms with Gasteiger partial charge in [0.1, 0.15) is 0 Å². The number of hydrogen-bond acceptors (Lipinski definition) is 2. The number of carboxylic acids is 1. The van der Waals surface area contributed by atoms with Crippen molar-refractivity contribution in [3.8, 4) is 0 Å². The number of alkyl halides is 3. The summed E-state index contributed by atoms with van der Waals surface area (Å²) in [7, 11) is 1.00. The fraction of sp³-hybridized carbons (Fsp3) is 0.667. The third-order valence-electron chi connectivity index (χ3n) is 0.243. The fourth-order valence-electron chi connectivity index (χ4n) is 0. The predicted octanol–water partition coefficient (Wildman–Crippen LogP) is 0.664. The van der Waals surface area contributed by atoms with Crippen molar-refractivity contribution in [3.05, 3.63) is 0 Å². The van der Waals surface area contributed by atoms with Crippen LogP contribution in [0.1, 0.15) is 0 Å². The standard InChI is InChI=1S/C2HF3O2.CH4O.ClH/c3-2(4,5)1(6)7;1-2;/h(H,6,7);2H,1H3;1H. The molecule has 0 bridgehead atoms. The van der Waals surface area contributed by atoms with Crippen LogP contribution in [-0.2, 0) is 4.79 Å². The van der Waals surface area contributed by atoms with Gasteiger partial charge in [0.25, 0.3) is 0 Å². The average molecular weight is 183 g/mol. The summed E-state index contributed by atoms with van der Waals surface area (Å²) in [6, 6.07) is 0. The van der Waals surface area contributed by atoms with Gasteiger partial charge in [-0.2, -0.15) is 13.2 Å². The van der Waals surface area contributed by atoms with Crippen LogP contribution in [0.25, 0.3) is 0 Å². The minimum Gasteiger partial charge on any atom is -0.475 e. The molecule has 10 heavy (non-hydrogen) atoms. The maximum absolute atomic E-state index is 10.6. The zero-order valence-corrected chi connectivity index (χ0v) is 5.66. The molecule has 2 N–H and O–H groups in total. The molecule has 7 heteroatoms. The van der Waals surface area contributed by atoms with E-state index in [0.29, 0.717) is 0 Å². The molecule has 0 aromatic heterocycles. The van der Waals surface area contributed by atoms with Crippen molar-refractivity contribution in [3.63, 3.8) is 0 Å². The SMILES string of the molecule is CO.Cl.O=C(O)C(F)(F)F. The van der Waals surface area contributed by atoms with Gasteiger partial charge in [-0.3, -0.25) is 0 Å². The maximum Gasteiger partial charge on any atom is 0.490 e. The Hall–Kier alpha value is -0.490. The molecule has 0 aromatic carbocycles. The molecule has 0 amide bonds. The molecule has 64 valence electrons. The van der Waals surface area contributed by atoms with Crippen LogP contribution in [0.3, 0.4) is 0 Å². The number of carboxylic acid groups (broad SMARTS) is 1. The fourth-order valence-corrected chi connectivity index (χ4v) is 0. The quantitative estimate of drug-likeness (QED) is 0.579. The molecule has 0 saturated carbocycles. The van der Waals surface area contributed by atoms with Crippen LogP contribution in [-0.4, -0.2) is 29.5 Å². The van der Waals surface area contributed by atoms with Crippen LogP contribution in [0.2, 0.25) is 0 Å². The van der Waals surface area contributed by atoms with Gasteiger partial charge < -0.3 is 10.2 Å². The topological polar surface area (TPSA) is 57.5 Å². The average Bonchev–Trinajstić information content (AvgIpc) is 1.69. The lowest BCUT2D eigenvalue weighted by atomic mass is 10.7. The second kappa shape index (κ2) is 6.63. The zero-order chi connectivity index (χ0) is 8.08. The van der Waals surface area contributed by atoms with Crippen LogP contribution >= 0.6 is 12.4 Å². The van der Waals surface area contributed by atoms with Crippen molar-refractivity contribution in [2.75, 3.05) is 7.11 Å². The Balaban J connectivity index is -0.000000149. The molecule has 0 unspecified atom stereocenters. The highest BCUT2D eigenvalue weighted by Gasteiger charge is 2.38. The van der Waals surface area contributed by atoms with E-state index in [2.05, 4.69) is 0 Å². The number of hydrogen-bond donors (Lipinski definition) is 2. The van der Waals surface area contributed by atoms with Crippen LogP contribution < -0.4 is 0 Å². The number of rotatable bonds is 0. The maximum atomic E-state index is 10.6. The second-order valence-corrected chi connectivity index (χ2v) is 0.803. The van der Waals surface area contributed by atoms with E-state index in [4.69, 9.17) is 15.0 Å². The van der Waals surface area contributed by atoms with Crippen molar-refractivity contribution in [2.45, 2.75) is 6.18 Å². The van der Waals surface area contributed by atoms with Gasteiger partial charge in [0.15, 0.2) is 0 Å². The second-order valence-electron chi connectivity index (χ2n) is 0.803. The molecule has 0 heterocycles. The van der Waals surface area contributed by atoms with E-state index in [0.717, 1.165) is 7.11 Å². The number of aliphatic carboxylic acids is 1. The summed E-state index contributed by atoms with van der Waals surface area (Å²) in [5.41, 5.74) is 0. The highest BCUT2D eigenvalue weighted by atomic mass is 35.5. The zero-order valence-electron chi connectivity index (χ0n) is 4.84. The first-order valence-electron chi connectivity index (χ1n) is 1.69. The van der Waals surface area contributed by atoms with Crippen molar-refractivity contribution < 1.29 is 28.2 Å². The van der Waals surface area contributed by atoms with Crippen molar-refractivity contribution in [2.24, 2.45) is 0 Å². The van der Waals surface area contributed by atoms with E-state index in [1.807, 2.05) is 0 Å². The number of carbonyl (C=O) groups is 1. The molecule has 0 aromatic rings. The Labute approximate surface area is 60.9 Å². The van der Waals surface area contributed by atoms with Gasteiger partial charge >= 0.3 is 12.1 Å². The summed E-state index contributed by atoms with van der Waals surface area (Å²) in [5, 5.41) is 14.1. The summed E-state index contributed by atoms with van der Waals surface area (Å²) >= 11 is 0. The summed E-state index contributed by atoms with van der Waals surface area (Å²) in [4.78, 5) is 8.90. The monoisotopic (exact) mass is 182 g/mol. The highest BCUT2D eigenvalue weighted by Crippen LogP contribution is 2.13. The molecule has 0 fully saturated rings. The Bertz CT molecular complexity index is 91.5. The molecule has 0 spiro atoms. The number of aliphatic hydroxyl groups is 1. The van der Waals surface area contributed by atoms with Crippen molar-refractivity contribution in [1.82, 2.24) is 0 Å². The molecule has 0 saturated heterocycles. The lowest BCUT2D eigenvalue weighted by molar-refractivity contribution is -0.192. The first kappa shape index (κ1) is 16.3. The minimum absolute atomic E-state index is 0. The number of aliphatic hydroxyl groups excluding tert-OH is 1. The lowest BCUT2D eigenvalue weighted by Gasteiger charge is -1.93. The third kappa shape index (κ3) is 10.5. The van der Waals surface area contributed by atoms with Crippen LogP contribution in [0.15, 0.2) is 0 Å². The van der Waals surface area contributed by atoms with Crippen molar-refractivity contribution >= 4 is 18.4 Å². The van der Waals surface area contributed by atoms with Crippen LogP contribution in [0.5, 0.6) is 0 Å². The van der Waals surface area contributed by atoms with Gasteiger partial charge in [-0.25, -0.2) is 4.79 Å². The Morgan fingerprint density at radius 1 is 1.30 bits per heavy atom. The van der Waals surface area contributed by atoms with Gasteiger partial charge in [-0.05, 0) is 0 Å². The largest absolute Gasteiger partial charge is 0.490 e. The molecule has 0 radical (unpaired) electrons. The first-order valence-corrected chi connectivity index (χ1v) is 1.69. The normalized spacial score (nSPS) is 8.50. The van der Waals surface area contributed by atoms with E-state index in [1.54, 1.807) is 0 Å². The minimum atomic E-state index is -5.08. The summed E-state index contributed by atoms with van der Waals surface area (Å²) in [6.07, 6.45) is -5.08. The molecule has 3 nitrogen and oxygen atoms in total. The summed E-state index contributed by atoms with van der Waals surface area (Å²) < 4.78 is 31.7. The van der Waals surface area contributed by atoms with Gasteiger partial charge in [0.2, 0.25) is 0 Å². The number of halogens is 4. The van der Waals surface area contributed by atoms with E-state index >= 15 is 0 Å². The van der Waals surface area contributed by atoms with Gasteiger partial charge in [-0.15, -0.1) is 12.4 Å². The smallest absolute Gasteiger partial charge is 0.475 e.